The van der Waals surface area contributed by atoms with Crippen LogP contribution in [0.3, 0.4) is 0 Å². The number of hydrogen-bond donors (Lipinski definition) is 2. The van der Waals surface area contributed by atoms with Crippen molar-refractivity contribution in [2.24, 2.45) is 0 Å². The number of carbonyl (C=O) groups is 1. The van der Waals surface area contributed by atoms with Gasteiger partial charge in [-0.2, -0.15) is 10.1 Å². The SMILES string of the molecule is COc1cc(Cc2nccc(Oc3ccc(NC(=O)Nc4cc([Si](C)(C)C)nn4-c4ccc(C)cc4)c4ccccc34)n2)cc(OCCN2CCOCC2)c1. The number of anilines is 2. The number of carbonyl (C=O) groups excluding carboxylic acids is 1. The molecular weight excluding hydrogens is 711 g/mol. The minimum absolute atomic E-state index is 0.377. The van der Waals surface area contributed by atoms with Crippen LogP contribution < -0.4 is 30.2 Å². The molecule has 2 N–H and O–H groups in total. The van der Waals surface area contributed by atoms with Crippen molar-refractivity contribution in [1.82, 2.24) is 24.6 Å². The van der Waals surface area contributed by atoms with E-state index in [4.69, 9.17) is 29.0 Å². The molecule has 284 valence electrons. The number of aryl methyl sites for hydroxylation is 1. The van der Waals surface area contributed by atoms with Crippen LogP contribution in [-0.2, 0) is 11.2 Å². The highest BCUT2D eigenvalue weighted by atomic mass is 28.3. The van der Waals surface area contributed by atoms with E-state index in [1.54, 1.807) is 24.1 Å². The van der Waals surface area contributed by atoms with Crippen molar-refractivity contribution in [1.29, 1.82) is 0 Å². The first kappa shape index (κ1) is 37.5. The van der Waals surface area contributed by atoms with E-state index in [9.17, 15) is 4.79 Å². The summed E-state index contributed by atoms with van der Waals surface area (Å²) in [6.07, 6.45) is 2.14. The first-order valence-electron chi connectivity index (χ1n) is 18.5. The number of fused-ring (bicyclic) bond motifs is 1. The zero-order chi connectivity index (χ0) is 38.4. The highest BCUT2D eigenvalue weighted by molar-refractivity contribution is 6.88. The van der Waals surface area contributed by atoms with E-state index in [1.165, 1.54) is 0 Å². The third-order valence-electron chi connectivity index (χ3n) is 9.34. The fourth-order valence-electron chi connectivity index (χ4n) is 6.33. The zero-order valence-electron chi connectivity index (χ0n) is 32.0. The lowest BCUT2D eigenvalue weighted by Crippen LogP contribution is -2.39. The Hall–Kier alpha value is -5.76. The fraction of sp³-hybridized carbons (Fsp3) is 0.286. The van der Waals surface area contributed by atoms with Gasteiger partial charge in [0.25, 0.3) is 0 Å². The average molecular weight is 758 g/mol. The van der Waals surface area contributed by atoms with Gasteiger partial charge in [-0.1, -0.05) is 61.6 Å². The summed E-state index contributed by atoms with van der Waals surface area (Å²) in [4.78, 5) is 25.1. The van der Waals surface area contributed by atoms with Gasteiger partial charge in [-0.25, -0.2) is 14.5 Å². The highest BCUT2D eigenvalue weighted by Gasteiger charge is 2.24. The molecule has 2 aromatic heterocycles. The number of hydrogen-bond acceptors (Lipinski definition) is 9. The summed E-state index contributed by atoms with van der Waals surface area (Å²) in [5.74, 6) is 3.63. The third kappa shape index (κ3) is 9.49. The molecule has 0 radical (unpaired) electrons. The van der Waals surface area contributed by atoms with Crippen LogP contribution in [0.1, 0.15) is 17.0 Å². The maximum Gasteiger partial charge on any atom is 0.324 e. The van der Waals surface area contributed by atoms with E-state index in [-0.39, 0.29) is 6.03 Å². The third-order valence-corrected chi connectivity index (χ3v) is 11.1. The Morgan fingerprint density at radius 1 is 0.891 bits per heavy atom. The summed E-state index contributed by atoms with van der Waals surface area (Å²) in [5, 5.41) is 13.6. The van der Waals surface area contributed by atoms with Crippen LogP contribution in [0.5, 0.6) is 23.1 Å². The molecule has 0 spiro atoms. The van der Waals surface area contributed by atoms with Crippen molar-refractivity contribution < 1.29 is 23.7 Å². The zero-order valence-corrected chi connectivity index (χ0v) is 33.0. The first-order chi connectivity index (χ1) is 26.6. The van der Waals surface area contributed by atoms with Crippen molar-refractivity contribution in [3.8, 4) is 28.8 Å². The van der Waals surface area contributed by atoms with Gasteiger partial charge >= 0.3 is 6.03 Å². The van der Waals surface area contributed by atoms with Crippen molar-refractivity contribution >= 4 is 41.7 Å². The lowest BCUT2D eigenvalue weighted by Gasteiger charge is -2.26. The van der Waals surface area contributed by atoms with Crippen LogP contribution in [-0.4, -0.2) is 85.3 Å². The van der Waals surface area contributed by atoms with Gasteiger partial charge in [-0.05, 0) is 55.0 Å². The molecule has 0 aliphatic carbocycles. The normalized spacial score (nSPS) is 13.4. The molecule has 3 heterocycles. The minimum Gasteiger partial charge on any atom is -0.497 e. The van der Waals surface area contributed by atoms with Crippen LogP contribution >= 0.6 is 0 Å². The Morgan fingerprint density at radius 3 is 2.42 bits per heavy atom. The summed E-state index contributed by atoms with van der Waals surface area (Å²) in [7, 11) is -0.124. The van der Waals surface area contributed by atoms with E-state index in [0.717, 1.165) is 71.5 Å². The Morgan fingerprint density at radius 2 is 1.65 bits per heavy atom. The number of aromatic nitrogens is 4. The second kappa shape index (κ2) is 16.7. The van der Waals surface area contributed by atoms with Crippen LogP contribution in [0.15, 0.2) is 97.2 Å². The van der Waals surface area contributed by atoms with E-state index >= 15 is 0 Å². The molecule has 12 nitrogen and oxygen atoms in total. The predicted molar refractivity (Wildman–Crippen MR) is 219 cm³/mol. The minimum atomic E-state index is -1.77. The number of ether oxygens (including phenoxy) is 4. The topological polar surface area (TPSA) is 125 Å². The largest absolute Gasteiger partial charge is 0.497 e. The lowest BCUT2D eigenvalue weighted by atomic mass is 10.1. The summed E-state index contributed by atoms with van der Waals surface area (Å²) < 4.78 is 25.3. The highest BCUT2D eigenvalue weighted by Crippen LogP contribution is 2.34. The number of amides is 2. The monoisotopic (exact) mass is 757 g/mol. The first-order valence-corrected chi connectivity index (χ1v) is 22.0. The van der Waals surface area contributed by atoms with E-state index < -0.39 is 8.07 Å². The summed E-state index contributed by atoms with van der Waals surface area (Å²) in [6.45, 7) is 13.5. The van der Waals surface area contributed by atoms with E-state index in [1.807, 2.05) is 91.9 Å². The smallest absolute Gasteiger partial charge is 0.324 e. The molecule has 55 heavy (non-hydrogen) atoms. The summed E-state index contributed by atoms with van der Waals surface area (Å²) in [6, 6.07) is 28.7. The van der Waals surface area contributed by atoms with Gasteiger partial charge in [-0.3, -0.25) is 10.2 Å². The van der Waals surface area contributed by atoms with Crippen LogP contribution in [0.4, 0.5) is 16.3 Å². The molecule has 1 saturated heterocycles. The van der Waals surface area contributed by atoms with Gasteiger partial charge in [0.15, 0.2) is 0 Å². The molecule has 0 bridgehead atoms. The predicted octanol–water partition coefficient (Wildman–Crippen LogP) is 7.42. The Kier molecular flexibility index (Phi) is 11.4. The van der Waals surface area contributed by atoms with Crippen LogP contribution in [0.2, 0.25) is 19.6 Å². The molecule has 0 atom stereocenters. The van der Waals surface area contributed by atoms with Gasteiger partial charge in [-0.15, -0.1) is 0 Å². The summed E-state index contributed by atoms with van der Waals surface area (Å²) >= 11 is 0. The van der Waals surface area contributed by atoms with Crippen molar-refractivity contribution in [2.45, 2.75) is 33.0 Å². The summed E-state index contributed by atoms with van der Waals surface area (Å²) in [5.41, 5.74) is 3.62. The molecule has 4 aromatic carbocycles. The average Bonchev–Trinajstić information content (AvgIpc) is 3.61. The molecule has 6 aromatic rings. The molecule has 7 rings (SSSR count). The molecular formula is C42H47N7O5Si. The quantitative estimate of drug-likeness (QED) is 0.116. The van der Waals surface area contributed by atoms with Crippen molar-refractivity contribution in [3.05, 3.63) is 114 Å². The van der Waals surface area contributed by atoms with E-state index in [2.05, 4.69) is 40.2 Å². The lowest BCUT2D eigenvalue weighted by molar-refractivity contribution is 0.0322. The van der Waals surface area contributed by atoms with Gasteiger partial charge in [0.1, 0.15) is 43.6 Å². The van der Waals surface area contributed by atoms with Crippen molar-refractivity contribution in [3.63, 3.8) is 0 Å². The number of methoxy groups -OCH3 is 1. The molecule has 13 heteroatoms. The molecule has 1 aliphatic heterocycles. The second-order valence-electron chi connectivity index (χ2n) is 14.6. The molecule has 1 aliphatic rings. The van der Waals surface area contributed by atoms with Crippen LogP contribution in [0, 0.1) is 6.92 Å². The Labute approximate surface area is 322 Å². The maximum atomic E-state index is 13.5. The molecule has 0 saturated carbocycles. The maximum absolute atomic E-state index is 13.5. The molecule has 2 amide bonds. The number of nitrogens with one attached hydrogen (secondary N) is 2. The molecule has 0 unspecified atom stereocenters. The van der Waals surface area contributed by atoms with Crippen molar-refractivity contribution in [2.75, 3.05) is 57.2 Å². The fourth-order valence-corrected chi connectivity index (χ4v) is 7.30. The van der Waals surface area contributed by atoms with Gasteiger partial charge < -0.3 is 24.3 Å². The Balaban J connectivity index is 1.05. The number of urea groups is 1. The van der Waals surface area contributed by atoms with Gasteiger partial charge in [0.2, 0.25) is 5.88 Å². The van der Waals surface area contributed by atoms with Gasteiger partial charge in [0.05, 0.1) is 31.7 Å². The van der Waals surface area contributed by atoms with Crippen LogP contribution in [0.25, 0.3) is 16.5 Å². The standard InChI is InChI=1S/C42H47N7O5Si/c1-29-10-12-31(13-11-29)49-39(28-41(47-49)55(3,4)5)46-42(50)44-36-14-15-37(35-9-7-6-8-34(35)36)54-40-16-17-43-38(45-40)26-30-24-32(51-2)27-33(25-30)53-23-20-48-18-21-52-22-19-48/h6-17,24-25,27-28H,18-23,26H2,1-5H3,(H2,44,46,50). The van der Waals surface area contributed by atoms with Gasteiger partial charge in [0, 0.05) is 60.5 Å². The molecule has 1 fully saturated rings. The Bertz CT molecular complexity index is 2270. The number of nitrogens with zero attached hydrogens (tertiary/aromatic N) is 5. The number of rotatable bonds is 13. The second-order valence-corrected chi connectivity index (χ2v) is 19.6. The number of benzene rings is 4. The van der Waals surface area contributed by atoms with E-state index in [0.29, 0.717) is 47.7 Å². The number of morpholine rings is 1.